The number of sulfonamides is 1. The van der Waals surface area contributed by atoms with E-state index in [-0.39, 0.29) is 4.90 Å². The number of nitrogens with zero attached hydrogens (tertiary/aromatic N) is 1. The lowest BCUT2D eigenvalue weighted by Crippen LogP contribution is -2.50. The fourth-order valence-corrected chi connectivity index (χ4v) is 5.22. The highest BCUT2D eigenvalue weighted by Crippen LogP contribution is 2.33. The number of carbonyl (C=O) groups is 1. The van der Waals surface area contributed by atoms with Crippen molar-refractivity contribution in [3.63, 3.8) is 0 Å². The standard InChI is InChI=1S/C27H27N3O3S/c1-27(20-12-6-4-7-13-20,21-14-8-5-9-15-21)26(31)28-29-34(32,33)25-19-11-16-22-23(25)17-10-18-24(22)30(2)3/h4-19,29H,1-3H3,(H,28,31). The van der Waals surface area contributed by atoms with Crippen molar-refractivity contribution in [3.8, 4) is 0 Å². The molecule has 4 aromatic carbocycles. The molecule has 34 heavy (non-hydrogen) atoms. The molecule has 0 bridgehead atoms. The number of hydrogen-bond acceptors (Lipinski definition) is 4. The minimum Gasteiger partial charge on any atom is -0.377 e. The predicted octanol–water partition coefficient (Wildman–Crippen LogP) is 4.22. The summed E-state index contributed by atoms with van der Waals surface area (Å²) in [6.07, 6.45) is 0. The van der Waals surface area contributed by atoms with Gasteiger partial charge in [0.1, 0.15) is 0 Å². The predicted molar refractivity (Wildman–Crippen MR) is 136 cm³/mol. The molecule has 0 aliphatic carbocycles. The summed E-state index contributed by atoms with van der Waals surface area (Å²) in [6.45, 7) is 1.78. The van der Waals surface area contributed by atoms with Gasteiger partial charge in [-0.1, -0.05) is 84.9 Å². The number of nitrogens with one attached hydrogen (secondary N) is 2. The van der Waals surface area contributed by atoms with E-state index in [1.807, 2.05) is 97.9 Å². The lowest BCUT2D eigenvalue weighted by Gasteiger charge is -2.29. The lowest BCUT2D eigenvalue weighted by molar-refractivity contribution is -0.125. The maximum Gasteiger partial charge on any atom is 0.257 e. The van der Waals surface area contributed by atoms with E-state index in [1.54, 1.807) is 19.1 Å². The number of fused-ring (bicyclic) bond motifs is 1. The molecule has 0 aliphatic rings. The molecule has 0 fully saturated rings. The second-order valence-corrected chi connectivity index (χ2v) is 10.1. The highest BCUT2D eigenvalue weighted by atomic mass is 32.2. The zero-order valence-electron chi connectivity index (χ0n) is 19.3. The Balaban J connectivity index is 1.69. The van der Waals surface area contributed by atoms with Gasteiger partial charge in [-0.3, -0.25) is 10.2 Å². The number of anilines is 1. The van der Waals surface area contributed by atoms with Crippen LogP contribution in [-0.4, -0.2) is 28.4 Å². The van der Waals surface area contributed by atoms with E-state index < -0.39 is 21.3 Å². The third-order valence-electron chi connectivity index (χ3n) is 6.09. The zero-order chi connectivity index (χ0) is 24.3. The van der Waals surface area contributed by atoms with E-state index in [1.165, 1.54) is 6.07 Å². The van der Waals surface area contributed by atoms with Crippen LogP contribution in [0.4, 0.5) is 5.69 Å². The Bertz CT molecular complexity index is 1380. The maximum atomic E-state index is 13.5. The molecular formula is C27H27N3O3S. The summed E-state index contributed by atoms with van der Waals surface area (Å²) in [4.78, 5) is 17.8. The molecule has 2 N–H and O–H groups in total. The Hall–Kier alpha value is -3.68. The molecule has 4 rings (SSSR count). The molecular weight excluding hydrogens is 446 g/mol. The van der Waals surface area contributed by atoms with Crippen molar-refractivity contribution in [3.05, 3.63) is 108 Å². The summed E-state index contributed by atoms with van der Waals surface area (Å²) < 4.78 is 26.6. The smallest absolute Gasteiger partial charge is 0.257 e. The van der Waals surface area contributed by atoms with Gasteiger partial charge in [-0.15, -0.1) is 4.83 Å². The molecule has 0 aliphatic heterocycles. The molecule has 7 heteroatoms. The van der Waals surface area contributed by atoms with Crippen molar-refractivity contribution in [2.45, 2.75) is 17.2 Å². The van der Waals surface area contributed by atoms with Gasteiger partial charge in [0.05, 0.1) is 10.3 Å². The van der Waals surface area contributed by atoms with E-state index in [9.17, 15) is 13.2 Å². The molecule has 0 saturated carbocycles. The molecule has 0 spiro atoms. The molecule has 0 heterocycles. The first-order valence-electron chi connectivity index (χ1n) is 10.9. The van der Waals surface area contributed by atoms with Gasteiger partial charge in [-0.05, 0) is 30.2 Å². The van der Waals surface area contributed by atoms with Crippen molar-refractivity contribution in [1.29, 1.82) is 0 Å². The van der Waals surface area contributed by atoms with Crippen molar-refractivity contribution in [1.82, 2.24) is 10.3 Å². The van der Waals surface area contributed by atoms with E-state index in [4.69, 9.17) is 0 Å². The minimum absolute atomic E-state index is 0.0927. The number of carbonyl (C=O) groups excluding carboxylic acids is 1. The van der Waals surface area contributed by atoms with Crippen LogP contribution in [0.1, 0.15) is 18.1 Å². The van der Waals surface area contributed by atoms with Crippen LogP contribution in [0.25, 0.3) is 10.8 Å². The monoisotopic (exact) mass is 473 g/mol. The van der Waals surface area contributed by atoms with Gasteiger partial charge in [-0.2, -0.15) is 0 Å². The van der Waals surface area contributed by atoms with Crippen LogP contribution in [-0.2, 0) is 20.2 Å². The number of hydrazine groups is 1. The second-order valence-electron chi connectivity index (χ2n) is 8.44. The van der Waals surface area contributed by atoms with E-state index in [0.29, 0.717) is 5.39 Å². The van der Waals surface area contributed by atoms with Crippen molar-refractivity contribution >= 4 is 32.4 Å². The first kappa shape index (κ1) is 23.5. The molecule has 1 amide bonds. The van der Waals surface area contributed by atoms with Gasteiger partial charge in [0.2, 0.25) is 5.91 Å². The quantitative estimate of drug-likeness (QED) is 0.394. The molecule has 0 aromatic heterocycles. The minimum atomic E-state index is -4.05. The molecule has 0 radical (unpaired) electrons. The van der Waals surface area contributed by atoms with Crippen molar-refractivity contribution < 1.29 is 13.2 Å². The highest BCUT2D eigenvalue weighted by molar-refractivity contribution is 7.89. The molecule has 0 atom stereocenters. The maximum absolute atomic E-state index is 13.5. The number of amides is 1. The molecule has 0 saturated heterocycles. The molecule has 4 aromatic rings. The molecule has 174 valence electrons. The summed E-state index contributed by atoms with van der Waals surface area (Å²) in [7, 11) is -0.239. The second kappa shape index (κ2) is 9.29. The third kappa shape index (κ3) is 4.27. The third-order valence-corrected chi connectivity index (χ3v) is 7.39. The molecule has 6 nitrogen and oxygen atoms in total. The normalized spacial score (nSPS) is 11.9. The van der Waals surface area contributed by atoms with Gasteiger partial charge in [0, 0.05) is 30.6 Å². The molecule has 0 unspecified atom stereocenters. The Labute approximate surface area is 200 Å². The van der Waals surface area contributed by atoms with E-state index in [0.717, 1.165) is 22.2 Å². The highest BCUT2D eigenvalue weighted by Gasteiger charge is 2.37. The number of rotatable bonds is 7. The SMILES string of the molecule is CN(C)c1cccc2c(S(=O)(=O)NNC(=O)C(C)(c3ccccc3)c3ccccc3)cccc12. The van der Waals surface area contributed by atoms with E-state index >= 15 is 0 Å². The summed E-state index contributed by atoms with van der Waals surface area (Å²) in [5.74, 6) is -0.484. The van der Waals surface area contributed by atoms with Crippen molar-refractivity contribution in [2.75, 3.05) is 19.0 Å². The summed E-state index contributed by atoms with van der Waals surface area (Å²) >= 11 is 0. The number of hydrogen-bond donors (Lipinski definition) is 2. The topological polar surface area (TPSA) is 78.5 Å². The van der Waals surface area contributed by atoms with Crippen LogP contribution in [0.5, 0.6) is 0 Å². The first-order valence-corrected chi connectivity index (χ1v) is 12.4. The Morgan fingerprint density at radius 1 is 0.735 bits per heavy atom. The summed E-state index contributed by atoms with van der Waals surface area (Å²) in [5.41, 5.74) is 3.76. The van der Waals surface area contributed by atoms with Gasteiger partial charge in [0.15, 0.2) is 0 Å². The summed E-state index contributed by atoms with van der Waals surface area (Å²) in [5, 5.41) is 1.38. The number of benzene rings is 4. The Morgan fingerprint density at radius 2 is 1.26 bits per heavy atom. The van der Waals surface area contributed by atoms with Crippen LogP contribution in [0.2, 0.25) is 0 Å². The fraction of sp³-hybridized carbons (Fsp3) is 0.148. The van der Waals surface area contributed by atoms with Crippen LogP contribution in [0.3, 0.4) is 0 Å². The average Bonchev–Trinajstić information content (AvgIpc) is 2.87. The fourth-order valence-electron chi connectivity index (χ4n) is 4.15. The van der Waals surface area contributed by atoms with Crippen molar-refractivity contribution in [2.24, 2.45) is 0 Å². The van der Waals surface area contributed by atoms with Crippen LogP contribution in [0, 0.1) is 0 Å². The lowest BCUT2D eigenvalue weighted by atomic mass is 9.75. The Kier molecular flexibility index (Phi) is 6.41. The first-order chi connectivity index (χ1) is 16.2. The van der Waals surface area contributed by atoms with Crippen LogP contribution >= 0.6 is 0 Å². The largest absolute Gasteiger partial charge is 0.377 e. The Morgan fingerprint density at radius 3 is 1.82 bits per heavy atom. The van der Waals surface area contributed by atoms with Crippen LogP contribution in [0.15, 0.2) is 102 Å². The van der Waals surface area contributed by atoms with E-state index in [2.05, 4.69) is 10.3 Å². The zero-order valence-corrected chi connectivity index (χ0v) is 20.1. The average molecular weight is 474 g/mol. The van der Waals surface area contributed by atoms with Gasteiger partial charge in [0.25, 0.3) is 10.0 Å². The van der Waals surface area contributed by atoms with Crippen LogP contribution < -0.4 is 15.2 Å². The van der Waals surface area contributed by atoms with Gasteiger partial charge < -0.3 is 4.90 Å². The summed E-state index contributed by atoms with van der Waals surface area (Å²) in [6, 6.07) is 29.2. The van der Waals surface area contributed by atoms with Gasteiger partial charge in [-0.25, -0.2) is 8.42 Å². The van der Waals surface area contributed by atoms with Gasteiger partial charge >= 0.3 is 0 Å².